The first kappa shape index (κ1) is 9.79. The molecule has 1 unspecified atom stereocenters. The van der Waals surface area contributed by atoms with Crippen molar-refractivity contribution in [2.75, 3.05) is 13.6 Å². The maximum atomic E-state index is 2.48. The third kappa shape index (κ3) is 2.10. The zero-order valence-electron chi connectivity index (χ0n) is 8.59. The highest BCUT2D eigenvalue weighted by atomic mass is 15.1. The summed E-state index contributed by atoms with van der Waals surface area (Å²) in [7, 11) is 2.24. The predicted molar refractivity (Wildman–Crippen MR) is 54.2 cm³/mol. The van der Waals surface area contributed by atoms with Gasteiger partial charge in [0, 0.05) is 12.6 Å². The van der Waals surface area contributed by atoms with Gasteiger partial charge in [0.1, 0.15) is 0 Å². The van der Waals surface area contributed by atoms with E-state index in [9.17, 15) is 0 Å². The van der Waals surface area contributed by atoms with Crippen LogP contribution in [0.3, 0.4) is 0 Å². The Morgan fingerprint density at radius 3 is 2.50 bits per heavy atom. The summed E-state index contributed by atoms with van der Waals surface area (Å²) in [5.74, 6) is 0.889. The van der Waals surface area contributed by atoms with Crippen LogP contribution in [0.5, 0.6) is 0 Å². The molecular formula is C11H21N. The number of likely N-dealkylation sites (N-methyl/N-ethyl adjacent to an activating group) is 1. The van der Waals surface area contributed by atoms with Crippen molar-refractivity contribution >= 4 is 0 Å². The van der Waals surface area contributed by atoms with Gasteiger partial charge in [-0.1, -0.05) is 38.8 Å². The molecule has 1 heterocycles. The molecule has 0 aromatic carbocycles. The number of rotatable bonds is 3. The van der Waals surface area contributed by atoms with Gasteiger partial charge in [-0.2, -0.15) is 0 Å². The van der Waals surface area contributed by atoms with E-state index in [0.29, 0.717) is 0 Å². The lowest BCUT2D eigenvalue weighted by Crippen LogP contribution is -2.39. The van der Waals surface area contributed by atoms with Gasteiger partial charge < -0.3 is 0 Å². The third-order valence-electron chi connectivity index (χ3n) is 3.10. The molecule has 1 aliphatic heterocycles. The standard InChI is InChI=1S/C11H21N/c1-4-10(5-2)11-8-6-7-9-12(11)3/h6-7,10-11H,4-5,8-9H2,1-3H3. The van der Waals surface area contributed by atoms with Crippen molar-refractivity contribution in [1.29, 1.82) is 0 Å². The van der Waals surface area contributed by atoms with Gasteiger partial charge in [-0.3, -0.25) is 4.90 Å². The minimum atomic E-state index is 0.796. The topological polar surface area (TPSA) is 3.24 Å². The van der Waals surface area contributed by atoms with Crippen LogP contribution in [0, 0.1) is 5.92 Å². The van der Waals surface area contributed by atoms with Crippen molar-refractivity contribution in [1.82, 2.24) is 4.90 Å². The van der Waals surface area contributed by atoms with Crippen LogP contribution in [0.2, 0.25) is 0 Å². The van der Waals surface area contributed by atoms with Crippen molar-refractivity contribution in [3.63, 3.8) is 0 Å². The molecule has 1 heteroatoms. The SMILES string of the molecule is CCC(CC)C1CC=CCN1C. The minimum absolute atomic E-state index is 0.796. The molecule has 0 saturated carbocycles. The molecule has 1 atom stereocenters. The van der Waals surface area contributed by atoms with Gasteiger partial charge in [-0.15, -0.1) is 0 Å². The first-order chi connectivity index (χ1) is 5.79. The number of hydrogen-bond acceptors (Lipinski definition) is 1. The van der Waals surface area contributed by atoms with Crippen LogP contribution in [-0.2, 0) is 0 Å². The summed E-state index contributed by atoms with van der Waals surface area (Å²) in [4.78, 5) is 2.48. The molecule has 1 rings (SSSR count). The molecular weight excluding hydrogens is 146 g/mol. The molecule has 0 aromatic rings. The second kappa shape index (κ2) is 4.66. The molecule has 12 heavy (non-hydrogen) atoms. The van der Waals surface area contributed by atoms with Crippen molar-refractivity contribution in [2.24, 2.45) is 5.92 Å². The summed E-state index contributed by atoms with van der Waals surface area (Å²) in [5.41, 5.74) is 0. The highest BCUT2D eigenvalue weighted by Gasteiger charge is 2.22. The van der Waals surface area contributed by atoms with Gasteiger partial charge in [0.25, 0.3) is 0 Å². The molecule has 0 fully saturated rings. The van der Waals surface area contributed by atoms with Gasteiger partial charge in [-0.25, -0.2) is 0 Å². The highest BCUT2D eigenvalue weighted by molar-refractivity contribution is 4.96. The van der Waals surface area contributed by atoms with E-state index in [4.69, 9.17) is 0 Å². The van der Waals surface area contributed by atoms with E-state index in [2.05, 4.69) is 37.9 Å². The van der Waals surface area contributed by atoms with E-state index in [-0.39, 0.29) is 0 Å². The first-order valence-corrected chi connectivity index (χ1v) is 5.14. The van der Waals surface area contributed by atoms with Crippen molar-refractivity contribution in [3.05, 3.63) is 12.2 Å². The van der Waals surface area contributed by atoms with E-state index >= 15 is 0 Å². The molecule has 0 N–H and O–H groups in total. The van der Waals surface area contributed by atoms with Crippen LogP contribution in [0.4, 0.5) is 0 Å². The van der Waals surface area contributed by atoms with Crippen LogP contribution >= 0.6 is 0 Å². The Morgan fingerprint density at radius 2 is 2.00 bits per heavy atom. The zero-order valence-corrected chi connectivity index (χ0v) is 8.59. The van der Waals surface area contributed by atoms with E-state index in [1.54, 1.807) is 0 Å². The average molecular weight is 167 g/mol. The Kier molecular flexibility index (Phi) is 3.80. The van der Waals surface area contributed by atoms with Crippen LogP contribution in [-0.4, -0.2) is 24.5 Å². The Labute approximate surface area is 76.5 Å². The van der Waals surface area contributed by atoms with Gasteiger partial charge in [0.2, 0.25) is 0 Å². The predicted octanol–water partition coefficient (Wildman–Crippen LogP) is 2.68. The molecule has 0 bridgehead atoms. The number of nitrogens with zero attached hydrogens (tertiary/aromatic N) is 1. The molecule has 0 saturated heterocycles. The fourth-order valence-corrected chi connectivity index (χ4v) is 2.18. The second-order valence-corrected chi connectivity index (χ2v) is 3.79. The lowest BCUT2D eigenvalue weighted by molar-refractivity contribution is 0.175. The summed E-state index contributed by atoms with van der Waals surface area (Å²) in [6, 6.07) is 0.796. The second-order valence-electron chi connectivity index (χ2n) is 3.79. The summed E-state index contributed by atoms with van der Waals surface area (Å²) < 4.78 is 0. The summed E-state index contributed by atoms with van der Waals surface area (Å²) in [5, 5.41) is 0. The highest BCUT2D eigenvalue weighted by Crippen LogP contribution is 2.22. The summed E-state index contributed by atoms with van der Waals surface area (Å²) in [6.07, 6.45) is 8.50. The van der Waals surface area contributed by atoms with Crippen molar-refractivity contribution in [2.45, 2.75) is 39.2 Å². The Hall–Kier alpha value is -0.300. The Bertz CT molecular complexity index is 147. The van der Waals surface area contributed by atoms with Crippen LogP contribution < -0.4 is 0 Å². The van der Waals surface area contributed by atoms with Crippen LogP contribution in [0.15, 0.2) is 12.2 Å². The maximum Gasteiger partial charge on any atom is 0.0163 e. The first-order valence-electron chi connectivity index (χ1n) is 5.14. The Balaban J connectivity index is 2.53. The van der Waals surface area contributed by atoms with Gasteiger partial charge in [-0.05, 0) is 19.4 Å². The molecule has 1 nitrogen and oxygen atoms in total. The fraction of sp³-hybridized carbons (Fsp3) is 0.818. The monoisotopic (exact) mass is 167 g/mol. The largest absolute Gasteiger partial charge is 0.299 e. The van der Waals surface area contributed by atoms with Gasteiger partial charge in [0.05, 0.1) is 0 Å². The smallest absolute Gasteiger partial charge is 0.0163 e. The van der Waals surface area contributed by atoms with Crippen LogP contribution in [0.25, 0.3) is 0 Å². The molecule has 0 aliphatic carbocycles. The maximum absolute atomic E-state index is 2.48. The van der Waals surface area contributed by atoms with E-state index < -0.39 is 0 Å². The number of hydrogen-bond donors (Lipinski definition) is 0. The van der Waals surface area contributed by atoms with Gasteiger partial charge >= 0.3 is 0 Å². The zero-order chi connectivity index (χ0) is 8.97. The molecule has 0 amide bonds. The molecule has 0 spiro atoms. The van der Waals surface area contributed by atoms with E-state index in [0.717, 1.165) is 18.5 Å². The average Bonchev–Trinajstić information content (AvgIpc) is 2.10. The molecule has 70 valence electrons. The van der Waals surface area contributed by atoms with Crippen LogP contribution in [0.1, 0.15) is 33.1 Å². The lowest BCUT2D eigenvalue weighted by Gasteiger charge is -2.34. The lowest BCUT2D eigenvalue weighted by atomic mass is 9.89. The van der Waals surface area contributed by atoms with Crippen molar-refractivity contribution in [3.8, 4) is 0 Å². The van der Waals surface area contributed by atoms with Crippen molar-refractivity contribution < 1.29 is 0 Å². The minimum Gasteiger partial charge on any atom is -0.299 e. The molecule has 1 aliphatic rings. The molecule has 0 aromatic heterocycles. The molecule has 0 radical (unpaired) electrons. The fourth-order valence-electron chi connectivity index (χ4n) is 2.18. The summed E-state index contributed by atoms with van der Waals surface area (Å²) in [6.45, 7) is 5.75. The van der Waals surface area contributed by atoms with Gasteiger partial charge in [0.15, 0.2) is 0 Å². The Morgan fingerprint density at radius 1 is 1.33 bits per heavy atom. The van der Waals surface area contributed by atoms with E-state index in [1.165, 1.54) is 19.3 Å². The normalized spacial score (nSPS) is 25.2. The summed E-state index contributed by atoms with van der Waals surface area (Å²) >= 11 is 0. The quantitative estimate of drug-likeness (QED) is 0.584. The third-order valence-corrected chi connectivity index (χ3v) is 3.10. The van der Waals surface area contributed by atoms with E-state index in [1.807, 2.05) is 0 Å².